The number of halogens is 2. The van der Waals surface area contributed by atoms with Gasteiger partial charge in [-0.25, -0.2) is 12.7 Å². The Morgan fingerprint density at radius 2 is 1.49 bits per heavy atom. The molecule has 0 radical (unpaired) electrons. The molecule has 0 aliphatic heterocycles. The van der Waals surface area contributed by atoms with E-state index in [1.54, 1.807) is 41.3 Å². The average molecular weight is 619 g/mol. The SMILES string of the molecule is CN(CCCC(=O)N(Cc1ccc(Cl)c(Cl)c1)[C@@H](Cc1ccccc1)C(=O)NC(C)(C)C)S(=O)(=O)c1ccccc1. The number of hydrogen-bond donors (Lipinski definition) is 1. The molecule has 1 atom stereocenters. The first-order valence-corrected chi connectivity index (χ1v) is 15.6. The standard InChI is InChI=1S/C31H37Cl2N3O4S/c1-31(2,3)34-30(38)28(21-23-12-7-5-8-13-23)36(22-24-17-18-26(32)27(33)20-24)29(37)16-11-19-35(4)41(39,40)25-14-9-6-10-15-25/h5-10,12-15,17-18,20,28H,11,16,19,21-22H2,1-4H3,(H,34,38)/t28-/m0/s1. The van der Waals surface area contributed by atoms with Crippen LogP contribution < -0.4 is 5.32 Å². The van der Waals surface area contributed by atoms with Gasteiger partial charge in [0.05, 0.1) is 14.9 Å². The Bertz CT molecular complexity index is 1430. The van der Waals surface area contributed by atoms with Gasteiger partial charge in [0.15, 0.2) is 0 Å². The Hall–Kier alpha value is -2.91. The molecule has 0 saturated heterocycles. The predicted octanol–water partition coefficient (Wildman–Crippen LogP) is 5.95. The van der Waals surface area contributed by atoms with Crippen LogP contribution in [0.15, 0.2) is 83.8 Å². The molecule has 10 heteroatoms. The van der Waals surface area contributed by atoms with Crippen LogP contribution in [0.5, 0.6) is 0 Å². The molecule has 0 aromatic heterocycles. The number of nitrogens with one attached hydrogen (secondary N) is 1. The number of nitrogens with zero attached hydrogens (tertiary/aromatic N) is 2. The maximum absolute atomic E-state index is 13.8. The van der Waals surface area contributed by atoms with E-state index in [1.165, 1.54) is 23.5 Å². The van der Waals surface area contributed by atoms with E-state index in [1.807, 2.05) is 51.1 Å². The van der Waals surface area contributed by atoms with Gasteiger partial charge in [0.1, 0.15) is 6.04 Å². The molecule has 0 spiro atoms. The molecule has 41 heavy (non-hydrogen) atoms. The van der Waals surface area contributed by atoms with Crippen molar-refractivity contribution in [2.45, 2.75) is 63.1 Å². The minimum atomic E-state index is -3.69. The summed E-state index contributed by atoms with van der Waals surface area (Å²) in [6, 6.07) is 22.0. The number of hydrogen-bond acceptors (Lipinski definition) is 4. The lowest BCUT2D eigenvalue weighted by Crippen LogP contribution is -2.54. The fraction of sp³-hybridized carbons (Fsp3) is 0.355. The third-order valence-electron chi connectivity index (χ3n) is 6.42. The summed E-state index contributed by atoms with van der Waals surface area (Å²) in [6.45, 7) is 5.93. The third-order valence-corrected chi connectivity index (χ3v) is 9.03. The number of carbonyl (C=O) groups is 2. The summed E-state index contributed by atoms with van der Waals surface area (Å²) in [4.78, 5) is 29.2. The summed E-state index contributed by atoms with van der Waals surface area (Å²) >= 11 is 12.4. The number of rotatable bonds is 12. The quantitative estimate of drug-likeness (QED) is 0.272. The monoisotopic (exact) mass is 617 g/mol. The molecule has 0 aliphatic carbocycles. The molecule has 0 heterocycles. The summed E-state index contributed by atoms with van der Waals surface area (Å²) in [5.74, 6) is -0.551. The zero-order valence-corrected chi connectivity index (χ0v) is 26.1. The molecular formula is C31H37Cl2N3O4S. The molecule has 0 saturated carbocycles. The van der Waals surface area contributed by atoms with Crippen LogP contribution in [0.25, 0.3) is 0 Å². The Morgan fingerprint density at radius 3 is 2.07 bits per heavy atom. The molecule has 7 nitrogen and oxygen atoms in total. The van der Waals surface area contributed by atoms with Crippen molar-refractivity contribution in [1.82, 2.24) is 14.5 Å². The molecule has 2 amide bonds. The Balaban J connectivity index is 1.87. The normalized spacial score (nSPS) is 12.7. The fourth-order valence-corrected chi connectivity index (χ4v) is 5.88. The van der Waals surface area contributed by atoms with Gasteiger partial charge in [0.25, 0.3) is 0 Å². The topological polar surface area (TPSA) is 86.8 Å². The minimum Gasteiger partial charge on any atom is -0.350 e. The molecule has 0 aliphatic rings. The van der Waals surface area contributed by atoms with E-state index < -0.39 is 21.6 Å². The van der Waals surface area contributed by atoms with Gasteiger partial charge in [0.2, 0.25) is 21.8 Å². The molecule has 3 rings (SSSR count). The van der Waals surface area contributed by atoms with Gasteiger partial charge >= 0.3 is 0 Å². The minimum absolute atomic E-state index is 0.0457. The van der Waals surface area contributed by atoms with Crippen LogP contribution in [-0.4, -0.2) is 54.6 Å². The zero-order chi connectivity index (χ0) is 30.2. The summed E-state index contributed by atoms with van der Waals surface area (Å²) in [7, 11) is -2.19. The second-order valence-electron chi connectivity index (χ2n) is 11.0. The van der Waals surface area contributed by atoms with E-state index in [2.05, 4.69) is 5.32 Å². The van der Waals surface area contributed by atoms with Crippen LogP contribution in [-0.2, 0) is 32.6 Å². The molecule has 1 N–H and O–H groups in total. The molecule has 3 aromatic rings. The van der Waals surface area contributed by atoms with Gasteiger partial charge in [0, 0.05) is 38.5 Å². The highest BCUT2D eigenvalue weighted by Gasteiger charge is 2.32. The van der Waals surface area contributed by atoms with Gasteiger partial charge in [-0.05, 0) is 62.6 Å². The van der Waals surface area contributed by atoms with Crippen molar-refractivity contribution < 1.29 is 18.0 Å². The summed E-state index contributed by atoms with van der Waals surface area (Å²) in [5.41, 5.74) is 1.11. The summed E-state index contributed by atoms with van der Waals surface area (Å²) in [6.07, 6.45) is 0.625. The summed E-state index contributed by atoms with van der Waals surface area (Å²) < 4.78 is 27.1. The van der Waals surface area contributed by atoms with Gasteiger partial charge < -0.3 is 10.2 Å². The van der Waals surface area contributed by atoms with Crippen molar-refractivity contribution >= 4 is 45.0 Å². The van der Waals surface area contributed by atoms with E-state index in [0.29, 0.717) is 16.5 Å². The van der Waals surface area contributed by atoms with Crippen LogP contribution in [0, 0.1) is 0 Å². The third kappa shape index (κ3) is 9.57. The fourth-order valence-electron chi connectivity index (χ4n) is 4.33. The smallest absolute Gasteiger partial charge is 0.243 e. The van der Waals surface area contributed by atoms with E-state index in [9.17, 15) is 18.0 Å². The van der Waals surface area contributed by atoms with Crippen LogP contribution in [0.1, 0.15) is 44.7 Å². The average Bonchev–Trinajstić information content (AvgIpc) is 2.92. The van der Waals surface area contributed by atoms with E-state index in [-0.39, 0.29) is 42.6 Å². The van der Waals surface area contributed by atoms with Crippen molar-refractivity contribution in [3.05, 3.63) is 100 Å². The van der Waals surface area contributed by atoms with Crippen molar-refractivity contribution in [3.8, 4) is 0 Å². The van der Waals surface area contributed by atoms with Crippen molar-refractivity contribution in [2.24, 2.45) is 0 Å². The van der Waals surface area contributed by atoms with Gasteiger partial charge in [-0.1, -0.05) is 77.8 Å². The highest BCUT2D eigenvalue weighted by atomic mass is 35.5. The van der Waals surface area contributed by atoms with Gasteiger partial charge in [-0.2, -0.15) is 0 Å². The van der Waals surface area contributed by atoms with Gasteiger partial charge in [-0.3, -0.25) is 9.59 Å². The lowest BCUT2D eigenvalue weighted by atomic mass is 10.00. The second kappa shape index (κ2) is 14.3. The maximum atomic E-state index is 13.8. The Morgan fingerprint density at radius 1 is 0.878 bits per heavy atom. The maximum Gasteiger partial charge on any atom is 0.243 e. The van der Waals surface area contributed by atoms with Crippen LogP contribution >= 0.6 is 23.2 Å². The van der Waals surface area contributed by atoms with Crippen LogP contribution in [0.2, 0.25) is 10.0 Å². The van der Waals surface area contributed by atoms with E-state index in [4.69, 9.17) is 23.2 Å². The lowest BCUT2D eigenvalue weighted by molar-refractivity contribution is -0.142. The molecular weight excluding hydrogens is 581 g/mol. The number of carbonyl (C=O) groups excluding carboxylic acids is 2. The first-order valence-electron chi connectivity index (χ1n) is 13.4. The second-order valence-corrected chi connectivity index (χ2v) is 13.8. The molecule has 0 unspecified atom stereocenters. The molecule has 0 fully saturated rings. The molecule has 220 valence electrons. The Labute approximate surface area is 253 Å². The zero-order valence-electron chi connectivity index (χ0n) is 23.8. The molecule has 3 aromatic carbocycles. The molecule has 0 bridgehead atoms. The van der Waals surface area contributed by atoms with E-state index >= 15 is 0 Å². The van der Waals surface area contributed by atoms with Crippen LogP contribution in [0.4, 0.5) is 0 Å². The largest absolute Gasteiger partial charge is 0.350 e. The lowest BCUT2D eigenvalue weighted by Gasteiger charge is -2.34. The first-order chi connectivity index (χ1) is 19.3. The highest BCUT2D eigenvalue weighted by molar-refractivity contribution is 7.89. The van der Waals surface area contributed by atoms with Gasteiger partial charge in [-0.15, -0.1) is 0 Å². The number of amides is 2. The predicted molar refractivity (Wildman–Crippen MR) is 164 cm³/mol. The van der Waals surface area contributed by atoms with Crippen molar-refractivity contribution in [1.29, 1.82) is 0 Å². The highest BCUT2D eigenvalue weighted by Crippen LogP contribution is 2.25. The first kappa shape index (κ1) is 32.6. The van der Waals surface area contributed by atoms with Crippen LogP contribution in [0.3, 0.4) is 0 Å². The Kier molecular flexibility index (Phi) is 11.4. The van der Waals surface area contributed by atoms with Crippen molar-refractivity contribution in [2.75, 3.05) is 13.6 Å². The van der Waals surface area contributed by atoms with E-state index in [0.717, 1.165) is 11.1 Å². The summed E-state index contributed by atoms with van der Waals surface area (Å²) in [5, 5.41) is 3.77. The van der Waals surface area contributed by atoms with Crippen molar-refractivity contribution in [3.63, 3.8) is 0 Å². The number of benzene rings is 3. The number of sulfonamides is 1.